The summed E-state index contributed by atoms with van der Waals surface area (Å²) in [5, 5.41) is 0. The number of aromatic nitrogens is 2. The second-order valence-corrected chi connectivity index (χ2v) is 8.44. The monoisotopic (exact) mass is 494 g/mol. The van der Waals surface area contributed by atoms with Gasteiger partial charge in [0.1, 0.15) is 5.75 Å². The molecular formula is C23H25F7N2O2. The van der Waals surface area contributed by atoms with Crippen LogP contribution in [-0.2, 0) is 6.11 Å². The second-order valence-electron chi connectivity index (χ2n) is 8.44. The van der Waals surface area contributed by atoms with Gasteiger partial charge in [-0.05, 0) is 31.6 Å². The average Bonchev–Trinajstić information content (AvgIpc) is 2.78. The Balaban J connectivity index is 1.59. The Kier molecular flexibility index (Phi) is 8.25. The van der Waals surface area contributed by atoms with Gasteiger partial charge in [0.2, 0.25) is 5.82 Å². The molecule has 1 aromatic heterocycles. The SMILES string of the molecule is CCCCCC1CCC(C(F)(F)Oc2cnc(C(F)(F)Oc3cc(F)c(F)c(F)c3)nc2)CC1. The molecule has 1 saturated carbocycles. The Hall–Kier alpha value is -2.59. The zero-order valence-corrected chi connectivity index (χ0v) is 18.5. The quantitative estimate of drug-likeness (QED) is 0.196. The van der Waals surface area contributed by atoms with E-state index in [1.807, 2.05) is 0 Å². The molecule has 0 spiro atoms. The molecule has 0 radical (unpaired) electrons. The molecule has 2 aromatic rings. The van der Waals surface area contributed by atoms with E-state index in [0.29, 0.717) is 44.0 Å². The van der Waals surface area contributed by atoms with Crippen LogP contribution in [0.4, 0.5) is 30.7 Å². The van der Waals surface area contributed by atoms with Crippen LogP contribution in [0.5, 0.6) is 11.5 Å². The molecule has 4 nitrogen and oxygen atoms in total. The van der Waals surface area contributed by atoms with Crippen LogP contribution in [0.3, 0.4) is 0 Å². The first-order valence-electron chi connectivity index (χ1n) is 11.1. The van der Waals surface area contributed by atoms with E-state index in [4.69, 9.17) is 4.74 Å². The van der Waals surface area contributed by atoms with Crippen LogP contribution in [0.2, 0.25) is 0 Å². The van der Waals surface area contributed by atoms with Gasteiger partial charge in [-0.2, -0.15) is 17.6 Å². The lowest BCUT2D eigenvalue weighted by Crippen LogP contribution is -2.37. The van der Waals surface area contributed by atoms with Crippen molar-refractivity contribution in [2.45, 2.75) is 70.5 Å². The van der Waals surface area contributed by atoms with Gasteiger partial charge < -0.3 is 9.47 Å². The molecule has 0 unspecified atom stereocenters. The van der Waals surface area contributed by atoms with E-state index in [1.54, 1.807) is 0 Å². The predicted octanol–water partition coefficient (Wildman–Crippen LogP) is 7.38. The summed E-state index contributed by atoms with van der Waals surface area (Å²) in [5.74, 6) is -8.69. The minimum atomic E-state index is -4.28. The van der Waals surface area contributed by atoms with E-state index in [-0.39, 0.29) is 12.1 Å². The molecule has 0 N–H and O–H groups in total. The number of hydrogen-bond donors (Lipinski definition) is 0. The lowest BCUT2D eigenvalue weighted by atomic mass is 9.79. The maximum atomic E-state index is 14.6. The molecule has 0 atom stereocenters. The van der Waals surface area contributed by atoms with Gasteiger partial charge in [0, 0.05) is 12.1 Å². The van der Waals surface area contributed by atoms with Gasteiger partial charge in [0.15, 0.2) is 23.2 Å². The van der Waals surface area contributed by atoms with Gasteiger partial charge in [-0.1, -0.05) is 32.6 Å². The van der Waals surface area contributed by atoms with Gasteiger partial charge in [0.25, 0.3) is 0 Å². The van der Waals surface area contributed by atoms with Crippen LogP contribution in [-0.4, -0.2) is 16.1 Å². The van der Waals surface area contributed by atoms with Gasteiger partial charge in [-0.15, -0.1) is 0 Å². The Bertz CT molecular complexity index is 926. The zero-order valence-electron chi connectivity index (χ0n) is 18.5. The van der Waals surface area contributed by atoms with Crippen LogP contribution >= 0.6 is 0 Å². The topological polar surface area (TPSA) is 44.2 Å². The highest BCUT2D eigenvalue weighted by atomic mass is 19.3. The lowest BCUT2D eigenvalue weighted by Gasteiger charge is -2.33. The molecule has 1 aliphatic carbocycles. The second kappa shape index (κ2) is 10.8. The van der Waals surface area contributed by atoms with Gasteiger partial charge in [-0.3, -0.25) is 0 Å². The van der Waals surface area contributed by atoms with E-state index in [0.717, 1.165) is 25.7 Å². The number of halogens is 7. The smallest absolute Gasteiger partial charge is 0.429 e. The number of benzene rings is 1. The number of alkyl halides is 4. The van der Waals surface area contributed by atoms with Crippen molar-refractivity contribution in [3.05, 3.63) is 47.8 Å². The summed E-state index contributed by atoms with van der Waals surface area (Å²) in [4.78, 5) is 6.57. The molecule has 1 fully saturated rings. The molecule has 0 bridgehead atoms. The van der Waals surface area contributed by atoms with Crippen LogP contribution in [0, 0.1) is 29.3 Å². The molecule has 1 aromatic carbocycles. The molecule has 0 amide bonds. The summed E-state index contributed by atoms with van der Waals surface area (Å²) >= 11 is 0. The van der Waals surface area contributed by atoms with E-state index in [1.165, 1.54) is 0 Å². The van der Waals surface area contributed by atoms with Crippen LogP contribution in [0.15, 0.2) is 24.5 Å². The molecule has 0 aliphatic heterocycles. The van der Waals surface area contributed by atoms with Crippen LogP contribution in [0.1, 0.15) is 64.1 Å². The first-order chi connectivity index (χ1) is 16.0. The number of unbranched alkanes of at least 4 members (excludes halogenated alkanes) is 2. The number of rotatable bonds is 10. The fourth-order valence-corrected chi connectivity index (χ4v) is 4.01. The highest BCUT2D eigenvalue weighted by molar-refractivity contribution is 5.26. The maximum absolute atomic E-state index is 14.6. The Morgan fingerprint density at radius 3 is 2.00 bits per heavy atom. The molecule has 188 valence electrons. The van der Waals surface area contributed by atoms with Crippen molar-refractivity contribution in [2.24, 2.45) is 11.8 Å². The molecule has 3 rings (SSSR count). The fraction of sp³-hybridized carbons (Fsp3) is 0.565. The van der Waals surface area contributed by atoms with E-state index in [2.05, 4.69) is 21.6 Å². The first-order valence-corrected chi connectivity index (χ1v) is 11.1. The number of nitrogens with zero attached hydrogens (tertiary/aromatic N) is 2. The van der Waals surface area contributed by atoms with Crippen molar-refractivity contribution in [1.29, 1.82) is 0 Å². The molecule has 11 heteroatoms. The van der Waals surface area contributed by atoms with Crippen molar-refractivity contribution >= 4 is 0 Å². The summed E-state index contributed by atoms with van der Waals surface area (Å²) in [6.07, 6.45) is -0.272. The van der Waals surface area contributed by atoms with Crippen molar-refractivity contribution < 1.29 is 40.2 Å². The third kappa shape index (κ3) is 6.50. The van der Waals surface area contributed by atoms with Gasteiger partial charge >= 0.3 is 12.2 Å². The van der Waals surface area contributed by atoms with Crippen molar-refractivity contribution in [3.8, 4) is 11.5 Å². The van der Waals surface area contributed by atoms with E-state index < -0.39 is 52.9 Å². The Labute approximate surface area is 192 Å². The summed E-state index contributed by atoms with van der Waals surface area (Å²) < 4.78 is 106. The normalized spacial score (nSPS) is 19.2. The summed E-state index contributed by atoms with van der Waals surface area (Å²) in [6.45, 7) is 2.10. The van der Waals surface area contributed by atoms with Crippen molar-refractivity contribution in [1.82, 2.24) is 9.97 Å². The standard InChI is InChI=1S/C23H25F7N2O2/c1-2-3-4-5-14-6-8-15(9-7-14)22(27,28)34-17-12-31-21(32-13-17)23(29,30)33-16-10-18(24)20(26)19(25)11-16/h10-15H,2-9H2,1H3. The van der Waals surface area contributed by atoms with Crippen molar-refractivity contribution in [2.75, 3.05) is 0 Å². The van der Waals surface area contributed by atoms with Crippen LogP contribution < -0.4 is 9.47 Å². The molecular weight excluding hydrogens is 469 g/mol. The Morgan fingerprint density at radius 1 is 0.853 bits per heavy atom. The third-order valence-electron chi connectivity index (χ3n) is 5.88. The van der Waals surface area contributed by atoms with Gasteiger partial charge in [0.05, 0.1) is 18.3 Å². The number of ether oxygens (including phenoxy) is 2. The summed E-state index contributed by atoms with van der Waals surface area (Å²) in [5.41, 5.74) is 0. The molecule has 1 aliphatic rings. The van der Waals surface area contributed by atoms with Gasteiger partial charge in [-0.25, -0.2) is 23.1 Å². The van der Waals surface area contributed by atoms with Crippen LogP contribution in [0.25, 0.3) is 0 Å². The fourth-order valence-electron chi connectivity index (χ4n) is 4.01. The highest BCUT2D eigenvalue weighted by Gasteiger charge is 2.44. The third-order valence-corrected chi connectivity index (χ3v) is 5.88. The largest absolute Gasteiger partial charge is 0.462 e. The Morgan fingerprint density at radius 2 is 1.44 bits per heavy atom. The molecule has 34 heavy (non-hydrogen) atoms. The lowest BCUT2D eigenvalue weighted by molar-refractivity contribution is -0.224. The summed E-state index contributed by atoms with van der Waals surface area (Å²) in [7, 11) is 0. The average molecular weight is 494 g/mol. The highest BCUT2D eigenvalue weighted by Crippen LogP contribution is 2.41. The maximum Gasteiger partial charge on any atom is 0.462 e. The molecule has 0 saturated heterocycles. The number of hydrogen-bond acceptors (Lipinski definition) is 4. The zero-order chi connectivity index (χ0) is 24.9. The minimum Gasteiger partial charge on any atom is -0.429 e. The van der Waals surface area contributed by atoms with Crippen molar-refractivity contribution in [3.63, 3.8) is 0 Å². The summed E-state index contributed by atoms with van der Waals surface area (Å²) in [6, 6.07) is 0.450. The minimum absolute atomic E-state index is 0.225. The van der Waals surface area contributed by atoms with E-state index in [9.17, 15) is 30.7 Å². The van der Waals surface area contributed by atoms with E-state index >= 15 is 0 Å². The first kappa shape index (κ1) is 26.0. The molecule has 1 heterocycles. The predicted molar refractivity (Wildman–Crippen MR) is 108 cm³/mol.